The van der Waals surface area contributed by atoms with Crippen LogP contribution >= 0.6 is 11.6 Å². The fraction of sp³-hybridized carbons (Fsp3) is 0.381. The van der Waals surface area contributed by atoms with Gasteiger partial charge < -0.3 is 10.1 Å². The number of ether oxygens (including phenoxy) is 1. The van der Waals surface area contributed by atoms with Crippen LogP contribution in [0.2, 0.25) is 5.02 Å². The lowest BCUT2D eigenvalue weighted by atomic mass is 9.74. The Kier molecular flexibility index (Phi) is 5.45. The van der Waals surface area contributed by atoms with Crippen LogP contribution in [0.1, 0.15) is 37.0 Å². The first-order chi connectivity index (χ1) is 13.5. The Balaban J connectivity index is 1.60. The van der Waals surface area contributed by atoms with Crippen LogP contribution in [0, 0.1) is 5.82 Å². The third-order valence-electron chi connectivity index (χ3n) is 5.92. The van der Waals surface area contributed by atoms with E-state index in [1.54, 1.807) is 0 Å². The van der Waals surface area contributed by atoms with Crippen LogP contribution < -0.4 is 10.9 Å². The van der Waals surface area contributed by atoms with Gasteiger partial charge in [-0.25, -0.2) is 4.39 Å². The minimum absolute atomic E-state index is 0.116. The van der Waals surface area contributed by atoms with Crippen LogP contribution in [0.3, 0.4) is 0 Å². The molecule has 0 amide bonds. The first-order valence-corrected chi connectivity index (χ1v) is 10.1. The maximum Gasteiger partial charge on any atom is 0.167 e. The zero-order valence-corrected chi connectivity index (χ0v) is 16.9. The smallest absolute Gasteiger partial charge is 0.167 e. The van der Waals surface area contributed by atoms with Crippen LogP contribution in [0.4, 0.5) is 4.39 Å². The molecule has 3 aromatic rings. The molecule has 0 unspecified atom stereocenters. The molecular formula is C21H24BClFN3O. The van der Waals surface area contributed by atoms with Crippen molar-refractivity contribution in [3.63, 3.8) is 0 Å². The van der Waals surface area contributed by atoms with E-state index >= 15 is 0 Å². The summed E-state index contributed by atoms with van der Waals surface area (Å²) in [6, 6.07) is 10.7. The number of benzene rings is 2. The number of aromatic amines is 1. The third kappa shape index (κ3) is 3.69. The van der Waals surface area contributed by atoms with Gasteiger partial charge in [-0.3, -0.25) is 5.10 Å². The van der Waals surface area contributed by atoms with E-state index in [-0.39, 0.29) is 17.3 Å². The van der Waals surface area contributed by atoms with Gasteiger partial charge in [0.05, 0.1) is 18.2 Å². The summed E-state index contributed by atoms with van der Waals surface area (Å²) >= 11 is 6.34. The molecule has 0 bridgehead atoms. The van der Waals surface area contributed by atoms with Crippen LogP contribution in [-0.2, 0) is 10.2 Å². The van der Waals surface area contributed by atoms with Crippen LogP contribution in [0.25, 0.3) is 10.9 Å². The second kappa shape index (κ2) is 7.86. The van der Waals surface area contributed by atoms with Gasteiger partial charge in [-0.1, -0.05) is 23.7 Å². The van der Waals surface area contributed by atoms with Crippen molar-refractivity contribution in [2.45, 2.75) is 31.3 Å². The van der Waals surface area contributed by atoms with Gasteiger partial charge in [-0.05, 0) is 62.7 Å². The molecule has 1 saturated heterocycles. The number of halogens is 2. The number of rotatable bonds is 5. The molecule has 4 rings (SSSR count). The van der Waals surface area contributed by atoms with Gasteiger partial charge in [-0.15, -0.1) is 0 Å². The van der Waals surface area contributed by atoms with Crippen molar-refractivity contribution in [3.05, 3.63) is 58.4 Å². The monoisotopic (exact) mass is 399 g/mol. The van der Waals surface area contributed by atoms with Crippen molar-refractivity contribution in [2.24, 2.45) is 0 Å². The molecule has 0 saturated carbocycles. The maximum atomic E-state index is 13.4. The quantitative estimate of drug-likeness (QED) is 0.649. The van der Waals surface area contributed by atoms with Gasteiger partial charge in [0, 0.05) is 27.0 Å². The average Bonchev–Trinajstić information content (AvgIpc) is 3.07. The van der Waals surface area contributed by atoms with E-state index in [0.717, 1.165) is 53.6 Å². The fourth-order valence-corrected chi connectivity index (χ4v) is 4.38. The molecule has 1 aliphatic heterocycles. The van der Waals surface area contributed by atoms with Gasteiger partial charge >= 0.3 is 0 Å². The van der Waals surface area contributed by atoms with Gasteiger partial charge in [0.2, 0.25) is 0 Å². The zero-order valence-electron chi connectivity index (χ0n) is 16.2. The van der Waals surface area contributed by atoms with E-state index in [1.807, 2.05) is 39.0 Å². The number of nitrogens with one attached hydrogen (secondary N) is 2. The van der Waals surface area contributed by atoms with Gasteiger partial charge in [0.1, 0.15) is 5.82 Å². The minimum atomic E-state index is -0.210. The number of aromatic nitrogens is 2. The number of H-pyrrole nitrogens is 1. The van der Waals surface area contributed by atoms with Crippen LogP contribution in [-0.4, -0.2) is 37.7 Å². The predicted molar refractivity (Wildman–Crippen MR) is 114 cm³/mol. The van der Waals surface area contributed by atoms with E-state index in [9.17, 15) is 4.39 Å². The van der Waals surface area contributed by atoms with E-state index in [0.29, 0.717) is 11.6 Å². The summed E-state index contributed by atoms with van der Waals surface area (Å²) < 4.78 is 19.8. The molecule has 0 radical (unpaired) electrons. The summed E-state index contributed by atoms with van der Waals surface area (Å²) in [5.74, 6) is -0.210. The first kappa shape index (κ1) is 19.4. The van der Waals surface area contributed by atoms with E-state index < -0.39 is 0 Å². The largest absolute Gasteiger partial charge is 0.373 e. The lowest BCUT2D eigenvalue weighted by molar-refractivity contribution is 0.0172. The molecule has 2 N–H and O–H groups in total. The zero-order chi connectivity index (χ0) is 19.7. The molecule has 1 aliphatic rings. The molecule has 0 spiro atoms. The van der Waals surface area contributed by atoms with Crippen molar-refractivity contribution < 1.29 is 9.13 Å². The lowest BCUT2D eigenvalue weighted by Crippen LogP contribution is -2.43. The van der Waals surface area contributed by atoms with E-state index in [4.69, 9.17) is 16.3 Å². The van der Waals surface area contributed by atoms with E-state index in [1.165, 1.54) is 12.1 Å². The summed E-state index contributed by atoms with van der Waals surface area (Å²) in [6.07, 6.45) is 1.77. The minimum Gasteiger partial charge on any atom is -0.373 e. The molecule has 28 heavy (non-hydrogen) atoms. The second-order valence-corrected chi connectivity index (χ2v) is 8.15. The Labute approximate surface area is 170 Å². The second-order valence-electron chi connectivity index (χ2n) is 7.72. The first-order valence-electron chi connectivity index (χ1n) is 9.71. The number of piperidine rings is 1. The molecule has 2 heterocycles. The van der Waals surface area contributed by atoms with Gasteiger partial charge in [0.15, 0.2) is 7.85 Å². The van der Waals surface area contributed by atoms with Gasteiger partial charge in [0.25, 0.3) is 0 Å². The number of hydrogen-bond acceptors (Lipinski definition) is 3. The molecule has 7 heteroatoms. The van der Waals surface area contributed by atoms with Crippen LogP contribution in [0.15, 0.2) is 36.4 Å². The summed E-state index contributed by atoms with van der Waals surface area (Å²) in [4.78, 5) is 0. The van der Waals surface area contributed by atoms with E-state index in [2.05, 4.69) is 15.5 Å². The number of nitrogens with zero attached hydrogens (tertiary/aromatic N) is 1. The SMILES string of the molecule is Bc1n[nH]c2c([C@@H](C)OCC3(c4ccc(F)cc4)CCNCC3)cc(Cl)cc12. The molecule has 1 atom stereocenters. The lowest BCUT2D eigenvalue weighted by Gasteiger charge is -2.38. The molecule has 2 aromatic carbocycles. The Hall–Kier alpha value is -1.89. The Morgan fingerprint density at radius 3 is 2.68 bits per heavy atom. The molecular weight excluding hydrogens is 376 g/mol. The average molecular weight is 400 g/mol. The summed E-state index contributed by atoms with van der Waals surface area (Å²) in [5, 5.41) is 12.5. The number of hydrogen-bond donors (Lipinski definition) is 2. The Bertz CT molecular complexity index is 970. The van der Waals surface area contributed by atoms with Gasteiger partial charge in [-0.2, -0.15) is 5.10 Å². The highest BCUT2D eigenvalue weighted by molar-refractivity contribution is 6.38. The predicted octanol–water partition coefficient (Wildman–Crippen LogP) is 3.01. The Morgan fingerprint density at radius 1 is 1.25 bits per heavy atom. The normalized spacial score (nSPS) is 17.7. The molecule has 1 fully saturated rings. The standard InChI is InChI=1S/C21H24BClFN3O/c1-13(17-10-15(23)11-18-19(17)26-27-20(18)22)28-12-21(6-8-25-9-7-21)14-2-4-16(24)5-3-14/h2-5,10-11,13,25H,6-9,12,22H2,1H3,(H,26,27)/t13-/m1/s1. The molecule has 146 valence electrons. The van der Waals surface area contributed by atoms with Crippen molar-refractivity contribution in [1.82, 2.24) is 15.5 Å². The maximum absolute atomic E-state index is 13.4. The molecule has 0 aliphatic carbocycles. The summed E-state index contributed by atoms with van der Waals surface area (Å²) in [5.41, 5.74) is 3.92. The summed E-state index contributed by atoms with van der Waals surface area (Å²) in [6.45, 7) is 4.47. The topological polar surface area (TPSA) is 49.9 Å². The highest BCUT2D eigenvalue weighted by Crippen LogP contribution is 2.36. The van der Waals surface area contributed by atoms with Crippen molar-refractivity contribution in [2.75, 3.05) is 19.7 Å². The highest BCUT2D eigenvalue weighted by atomic mass is 35.5. The van der Waals surface area contributed by atoms with Crippen molar-refractivity contribution >= 4 is 35.9 Å². The molecule has 1 aromatic heterocycles. The third-order valence-corrected chi connectivity index (χ3v) is 6.14. The summed E-state index contributed by atoms with van der Waals surface area (Å²) in [7, 11) is 1.96. The highest BCUT2D eigenvalue weighted by Gasteiger charge is 2.35. The molecule has 4 nitrogen and oxygen atoms in total. The van der Waals surface area contributed by atoms with Crippen molar-refractivity contribution in [3.8, 4) is 0 Å². The number of fused-ring (bicyclic) bond motifs is 1. The van der Waals surface area contributed by atoms with Crippen molar-refractivity contribution in [1.29, 1.82) is 0 Å². The fourth-order valence-electron chi connectivity index (χ4n) is 4.16. The Morgan fingerprint density at radius 2 is 1.96 bits per heavy atom. The van der Waals surface area contributed by atoms with Crippen LogP contribution in [0.5, 0.6) is 0 Å².